The fraction of sp³-hybridized carbons (Fsp3) is 0.333. The normalized spacial score (nSPS) is 16.2. The van der Waals surface area contributed by atoms with Gasteiger partial charge in [-0.1, -0.05) is 66.2 Å². The topological polar surface area (TPSA) is 40.6 Å². The van der Waals surface area contributed by atoms with Crippen LogP contribution in [0.3, 0.4) is 0 Å². The summed E-state index contributed by atoms with van der Waals surface area (Å²) in [7, 11) is 0. The van der Waals surface area contributed by atoms with Crippen molar-refractivity contribution in [2.24, 2.45) is 0 Å². The van der Waals surface area contributed by atoms with Gasteiger partial charge in [-0.3, -0.25) is 19.4 Å². The van der Waals surface area contributed by atoms with Crippen molar-refractivity contribution in [3.8, 4) is 0 Å². The van der Waals surface area contributed by atoms with Crippen molar-refractivity contribution in [1.82, 2.24) is 9.80 Å². The molecule has 2 aliphatic rings. The predicted molar refractivity (Wildman–Crippen MR) is 137 cm³/mol. The lowest BCUT2D eigenvalue weighted by Crippen LogP contribution is -2.41. The summed E-state index contributed by atoms with van der Waals surface area (Å²) in [6.07, 6.45) is 8.93. The van der Waals surface area contributed by atoms with E-state index in [1.54, 1.807) is 5.57 Å². The minimum atomic E-state index is -0.157. The van der Waals surface area contributed by atoms with Crippen LogP contribution >= 0.6 is 0 Å². The SMILES string of the molecule is O=C1c2cccc3cccc(c23)C(=O)N1CCCCN1CC=C(CCCc2ccccc2)CC1. The predicted octanol–water partition coefficient (Wildman–Crippen LogP) is 5.87. The highest BCUT2D eigenvalue weighted by molar-refractivity contribution is 6.25. The molecule has 0 aromatic heterocycles. The third-order valence-corrected chi connectivity index (χ3v) is 7.16. The van der Waals surface area contributed by atoms with E-state index in [-0.39, 0.29) is 11.8 Å². The Kier molecular flexibility index (Phi) is 6.87. The highest BCUT2D eigenvalue weighted by atomic mass is 16.2. The van der Waals surface area contributed by atoms with Crippen molar-refractivity contribution in [1.29, 1.82) is 0 Å². The lowest BCUT2D eigenvalue weighted by atomic mass is 9.94. The Bertz CT molecular complexity index is 1160. The van der Waals surface area contributed by atoms with Gasteiger partial charge in [-0.15, -0.1) is 0 Å². The second kappa shape index (κ2) is 10.4. The number of imide groups is 1. The van der Waals surface area contributed by atoms with Gasteiger partial charge in [0.2, 0.25) is 0 Å². The van der Waals surface area contributed by atoms with Gasteiger partial charge in [0.25, 0.3) is 11.8 Å². The third-order valence-electron chi connectivity index (χ3n) is 7.16. The van der Waals surface area contributed by atoms with Crippen LogP contribution in [0.15, 0.2) is 78.4 Å². The minimum Gasteiger partial charge on any atom is -0.299 e. The van der Waals surface area contributed by atoms with E-state index in [0.29, 0.717) is 17.7 Å². The first-order chi connectivity index (χ1) is 16.7. The molecule has 0 radical (unpaired) electrons. The maximum absolute atomic E-state index is 13.0. The Morgan fingerprint density at radius 1 is 0.706 bits per heavy atom. The van der Waals surface area contributed by atoms with Gasteiger partial charge in [0, 0.05) is 36.1 Å². The average molecular weight is 453 g/mol. The number of carbonyl (C=O) groups excluding carboxylic acids is 2. The van der Waals surface area contributed by atoms with E-state index < -0.39 is 0 Å². The van der Waals surface area contributed by atoms with Crippen LogP contribution in [0.4, 0.5) is 0 Å². The van der Waals surface area contributed by atoms with E-state index in [2.05, 4.69) is 41.3 Å². The quantitative estimate of drug-likeness (QED) is 0.232. The van der Waals surface area contributed by atoms with Crippen molar-refractivity contribution in [3.63, 3.8) is 0 Å². The highest BCUT2D eigenvalue weighted by Gasteiger charge is 2.32. The molecule has 2 heterocycles. The van der Waals surface area contributed by atoms with Crippen LogP contribution in [0.5, 0.6) is 0 Å². The molecule has 3 aromatic carbocycles. The molecule has 0 fully saturated rings. The van der Waals surface area contributed by atoms with Gasteiger partial charge in [-0.05, 0) is 68.2 Å². The van der Waals surface area contributed by atoms with Gasteiger partial charge in [0.15, 0.2) is 0 Å². The highest BCUT2D eigenvalue weighted by Crippen LogP contribution is 2.30. The van der Waals surface area contributed by atoms with E-state index >= 15 is 0 Å². The van der Waals surface area contributed by atoms with Gasteiger partial charge in [-0.25, -0.2) is 0 Å². The van der Waals surface area contributed by atoms with Gasteiger partial charge < -0.3 is 0 Å². The standard InChI is InChI=1S/C30H32N2O2/c33-29-26-15-7-13-25-14-8-16-27(28(25)26)30(34)32(29)20-5-4-19-31-21-17-24(18-22-31)12-6-11-23-9-2-1-3-10-23/h1-3,7-10,13-17H,4-6,11-12,18-22H2. The first-order valence-corrected chi connectivity index (χ1v) is 12.5. The Hall–Kier alpha value is -3.24. The zero-order valence-electron chi connectivity index (χ0n) is 19.7. The second-order valence-corrected chi connectivity index (χ2v) is 9.43. The van der Waals surface area contributed by atoms with Crippen molar-refractivity contribution in [3.05, 3.63) is 95.1 Å². The van der Waals surface area contributed by atoms with Crippen LogP contribution in [0.1, 0.15) is 58.4 Å². The van der Waals surface area contributed by atoms with E-state index in [0.717, 1.165) is 56.1 Å². The molecule has 0 saturated carbocycles. The summed E-state index contributed by atoms with van der Waals surface area (Å²) in [5, 5.41) is 1.75. The summed E-state index contributed by atoms with van der Waals surface area (Å²) < 4.78 is 0. The number of unbranched alkanes of at least 4 members (excludes halogenated alkanes) is 1. The van der Waals surface area contributed by atoms with Crippen LogP contribution < -0.4 is 0 Å². The Balaban J connectivity index is 1.07. The van der Waals surface area contributed by atoms with Crippen molar-refractivity contribution >= 4 is 22.6 Å². The maximum atomic E-state index is 13.0. The molecule has 5 rings (SSSR count). The molecular formula is C30H32N2O2. The summed E-state index contributed by atoms with van der Waals surface area (Å²) in [4.78, 5) is 29.9. The first-order valence-electron chi connectivity index (χ1n) is 12.5. The van der Waals surface area contributed by atoms with Crippen molar-refractivity contribution in [2.45, 2.75) is 38.5 Å². The molecule has 2 amide bonds. The number of carbonyl (C=O) groups is 2. The maximum Gasteiger partial charge on any atom is 0.261 e. The van der Waals surface area contributed by atoms with Crippen LogP contribution in [-0.2, 0) is 6.42 Å². The summed E-state index contributed by atoms with van der Waals surface area (Å²) in [5.41, 5.74) is 4.30. The molecule has 0 N–H and O–H groups in total. The summed E-state index contributed by atoms with van der Waals surface area (Å²) in [6.45, 7) is 3.61. The summed E-state index contributed by atoms with van der Waals surface area (Å²) >= 11 is 0. The average Bonchev–Trinajstić information content (AvgIpc) is 2.88. The van der Waals surface area contributed by atoms with Crippen molar-refractivity contribution < 1.29 is 9.59 Å². The number of amides is 2. The molecule has 0 saturated heterocycles. The van der Waals surface area contributed by atoms with Gasteiger partial charge in [0.05, 0.1) is 0 Å². The largest absolute Gasteiger partial charge is 0.299 e. The van der Waals surface area contributed by atoms with Crippen LogP contribution in [0.2, 0.25) is 0 Å². The number of aryl methyl sites for hydroxylation is 1. The van der Waals surface area contributed by atoms with E-state index in [1.165, 1.54) is 23.3 Å². The molecule has 0 atom stereocenters. The number of nitrogens with zero attached hydrogens (tertiary/aromatic N) is 2. The van der Waals surface area contributed by atoms with Gasteiger partial charge in [0.1, 0.15) is 0 Å². The Labute approximate surface area is 201 Å². The monoisotopic (exact) mass is 452 g/mol. The molecule has 4 heteroatoms. The number of hydrogen-bond acceptors (Lipinski definition) is 3. The molecular weight excluding hydrogens is 420 g/mol. The second-order valence-electron chi connectivity index (χ2n) is 9.43. The van der Waals surface area contributed by atoms with Crippen LogP contribution in [0, 0.1) is 0 Å². The molecule has 0 bridgehead atoms. The molecule has 2 aliphatic heterocycles. The lowest BCUT2D eigenvalue weighted by molar-refractivity contribution is 0.0606. The molecule has 34 heavy (non-hydrogen) atoms. The molecule has 3 aromatic rings. The lowest BCUT2D eigenvalue weighted by Gasteiger charge is -2.28. The fourth-order valence-electron chi connectivity index (χ4n) is 5.24. The van der Waals surface area contributed by atoms with Gasteiger partial charge in [-0.2, -0.15) is 0 Å². The Morgan fingerprint density at radius 2 is 1.41 bits per heavy atom. The van der Waals surface area contributed by atoms with E-state index in [4.69, 9.17) is 0 Å². The third kappa shape index (κ3) is 4.83. The van der Waals surface area contributed by atoms with Crippen molar-refractivity contribution in [2.75, 3.05) is 26.2 Å². The number of hydrogen-bond donors (Lipinski definition) is 0. The van der Waals surface area contributed by atoms with E-state index in [9.17, 15) is 9.59 Å². The summed E-state index contributed by atoms with van der Waals surface area (Å²) in [6, 6.07) is 22.1. The molecule has 0 aliphatic carbocycles. The molecule has 0 spiro atoms. The number of rotatable bonds is 9. The molecule has 0 unspecified atom stereocenters. The molecule has 174 valence electrons. The fourth-order valence-corrected chi connectivity index (χ4v) is 5.24. The van der Waals surface area contributed by atoms with Gasteiger partial charge >= 0.3 is 0 Å². The van der Waals surface area contributed by atoms with Crippen LogP contribution in [0.25, 0.3) is 10.8 Å². The smallest absolute Gasteiger partial charge is 0.261 e. The molecule has 4 nitrogen and oxygen atoms in total. The zero-order chi connectivity index (χ0) is 23.3. The first kappa shape index (κ1) is 22.5. The minimum absolute atomic E-state index is 0.157. The Morgan fingerprint density at radius 3 is 2.09 bits per heavy atom. The number of benzene rings is 3. The summed E-state index contributed by atoms with van der Waals surface area (Å²) in [5.74, 6) is -0.314. The van der Waals surface area contributed by atoms with Crippen LogP contribution in [-0.4, -0.2) is 47.8 Å². The van der Waals surface area contributed by atoms with E-state index in [1.807, 2.05) is 36.4 Å². The zero-order valence-corrected chi connectivity index (χ0v) is 19.7.